The van der Waals surface area contributed by atoms with Crippen molar-refractivity contribution in [2.24, 2.45) is 0 Å². The third-order valence-corrected chi connectivity index (χ3v) is 4.45. The number of aryl methyl sites for hydroxylation is 1. The Hall–Kier alpha value is -3.16. The number of carbonyl (C=O) groups is 2. The van der Waals surface area contributed by atoms with Crippen LogP contribution in [0.5, 0.6) is 5.75 Å². The average Bonchev–Trinajstić information content (AvgIpc) is 2.62. The fourth-order valence-electron chi connectivity index (χ4n) is 2.96. The van der Waals surface area contributed by atoms with Gasteiger partial charge in [0.25, 0.3) is 11.5 Å². The van der Waals surface area contributed by atoms with E-state index in [1.165, 1.54) is 17.0 Å². The number of H-pyrrole nitrogens is 1. The van der Waals surface area contributed by atoms with E-state index in [1.807, 2.05) is 13.0 Å². The molecule has 0 aliphatic carbocycles. The van der Waals surface area contributed by atoms with Gasteiger partial charge in [0.15, 0.2) is 0 Å². The second-order valence-electron chi connectivity index (χ2n) is 6.32. The van der Waals surface area contributed by atoms with E-state index in [0.29, 0.717) is 5.75 Å². The molecule has 1 aliphatic heterocycles. The summed E-state index contributed by atoms with van der Waals surface area (Å²) in [6.45, 7) is 2.34. The molecular formula is C18H19N3O5. The summed E-state index contributed by atoms with van der Waals surface area (Å²) >= 11 is 0. The van der Waals surface area contributed by atoms with E-state index in [2.05, 4.69) is 10.2 Å². The summed E-state index contributed by atoms with van der Waals surface area (Å²) in [4.78, 5) is 36.9. The number of rotatable bonds is 4. The van der Waals surface area contributed by atoms with Gasteiger partial charge in [-0.05, 0) is 30.7 Å². The number of hydrogen-bond donors (Lipinski definition) is 2. The Morgan fingerprint density at radius 1 is 1.23 bits per heavy atom. The highest BCUT2D eigenvalue weighted by Crippen LogP contribution is 2.30. The Balaban J connectivity index is 1.73. The molecule has 1 saturated heterocycles. The fourth-order valence-corrected chi connectivity index (χ4v) is 2.96. The number of hydrogen-bond acceptors (Lipinski definition) is 5. The molecule has 2 N–H and O–H groups in total. The molecule has 26 heavy (non-hydrogen) atoms. The number of nitrogens with zero attached hydrogens (tertiary/aromatic N) is 2. The topological polar surface area (TPSA) is 113 Å². The summed E-state index contributed by atoms with van der Waals surface area (Å²) < 4.78 is 5.83. The highest BCUT2D eigenvalue weighted by molar-refractivity contribution is 5.92. The molecule has 0 unspecified atom stereocenters. The number of piperidine rings is 1. The van der Waals surface area contributed by atoms with E-state index >= 15 is 0 Å². The lowest BCUT2D eigenvalue weighted by molar-refractivity contribution is -0.159. The Morgan fingerprint density at radius 2 is 1.96 bits per heavy atom. The van der Waals surface area contributed by atoms with Crippen LogP contribution in [0.2, 0.25) is 0 Å². The number of carboxylic acids is 1. The molecule has 0 radical (unpaired) electrons. The number of aromatic nitrogens is 2. The van der Waals surface area contributed by atoms with E-state index < -0.39 is 17.1 Å². The third-order valence-electron chi connectivity index (χ3n) is 4.45. The molecule has 8 heteroatoms. The van der Waals surface area contributed by atoms with Crippen LogP contribution in [0.4, 0.5) is 0 Å². The Kier molecular flexibility index (Phi) is 4.75. The van der Waals surface area contributed by atoms with Crippen molar-refractivity contribution in [1.82, 2.24) is 15.1 Å². The van der Waals surface area contributed by atoms with Gasteiger partial charge in [0.2, 0.25) is 5.60 Å². The highest BCUT2D eigenvalue weighted by atomic mass is 16.5. The number of nitrogens with one attached hydrogen (secondary N) is 1. The molecule has 0 spiro atoms. The first-order valence-electron chi connectivity index (χ1n) is 8.24. The van der Waals surface area contributed by atoms with Crippen LogP contribution in [0.3, 0.4) is 0 Å². The number of carbonyl (C=O) groups excluding carboxylic acids is 1. The number of ether oxygens (including phenoxy) is 1. The molecule has 0 atom stereocenters. The Morgan fingerprint density at radius 3 is 2.54 bits per heavy atom. The molecule has 0 saturated carbocycles. The van der Waals surface area contributed by atoms with Gasteiger partial charge in [-0.25, -0.2) is 9.89 Å². The molecular weight excluding hydrogens is 338 g/mol. The van der Waals surface area contributed by atoms with E-state index in [-0.39, 0.29) is 37.5 Å². The summed E-state index contributed by atoms with van der Waals surface area (Å²) in [6.07, 6.45) is 0.316. The second-order valence-corrected chi connectivity index (χ2v) is 6.32. The predicted octanol–water partition coefficient (Wildman–Crippen LogP) is 1.22. The number of likely N-dealkylation sites (tertiary alicyclic amines) is 1. The quantitative estimate of drug-likeness (QED) is 0.851. The van der Waals surface area contributed by atoms with Crippen molar-refractivity contribution >= 4 is 11.9 Å². The van der Waals surface area contributed by atoms with Gasteiger partial charge >= 0.3 is 5.97 Å². The zero-order valence-corrected chi connectivity index (χ0v) is 14.3. The van der Waals surface area contributed by atoms with Gasteiger partial charge in [0.1, 0.15) is 11.4 Å². The number of benzene rings is 1. The highest BCUT2D eigenvalue weighted by Gasteiger charge is 2.45. The van der Waals surface area contributed by atoms with Crippen molar-refractivity contribution in [3.63, 3.8) is 0 Å². The largest absolute Gasteiger partial charge is 0.478 e. The van der Waals surface area contributed by atoms with Crippen LogP contribution in [-0.2, 0) is 4.79 Å². The minimum Gasteiger partial charge on any atom is -0.478 e. The lowest BCUT2D eigenvalue weighted by Gasteiger charge is -2.38. The molecule has 1 amide bonds. The SMILES string of the molecule is Cc1cccc(OC2(C(=O)O)CCN(C(=O)c3ccc(=O)[nH]n3)CC2)c1. The number of carboxylic acid groups (broad SMARTS) is 1. The van der Waals surface area contributed by atoms with Crippen molar-refractivity contribution in [2.45, 2.75) is 25.4 Å². The first kappa shape index (κ1) is 17.7. The first-order chi connectivity index (χ1) is 12.4. The fraction of sp³-hybridized carbons (Fsp3) is 0.333. The standard InChI is InChI=1S/C18H19N3O5/c1-12-3-2-4-13(11-12)26-18(17(24)25)7-9-21(10-8-18)16(23)14-5-6-15(22)20-19-14/h2-6,11H,7-10H2,1H3,(H,20,22)(H,24,25). The second kappa shape index (κ2) is 6.99. The third kappa shape index (κ3) is 3.58. The molecule has 136 valence electrons. The minimum atomic E-state index is -1.37. The van der Waals surface area contributed by atoms with Gasteiger partial charge in [-0.2, -0.15) is 5.10 Å². The smallest absolute Gasteiger partial charge is 0.348 e. The minimum absolute atomic E-state index is 0.118. The number of aliphatic carboxylic acids is 1. The zero-order valence-electron chi connectivity index (χ0n) is 14.3. The van der Waals surface area contributed by atoms with Gasteiger partial charge < -0.3 is 14.7 Å². The molecule has 1 fully saturated rings. The maximum Gasteiger partial charge on any atom is 0.348 e. The summed E-state index contributed by atoms with van der Waals surface area (Å²) in [7, 11) is 0. The van der Waals surface area contributed by atoms with Crippen LogP contribution in [0, 0.1) is 6.92 Å². The van der Waals surface area contributed by atoms with Gasteiger partial charge in [-0.15, -0.1) is 0 Å². The summed E-state index contributed by atoms with van der Waals surface area (Å²) in [5, 5.41) is 15.7. The molecule has 2 aromatic rings. The lowest BCUT2D eigenvalue weighted by Crippen LogP contribution is -2.54. The maximum atomic E-state index is 12.4. The van der Waals surface area contributed by atoms with Crippen LogP contribution >= 0.6 is 0 Å². The van der Waals surface area contributed by atoms with Crippen molar-refractivity contribution in [3.8, 4) is 5.75 Å². The van der Waals surface area contributed by atoms with Gasteiger partial charge in [-0.1, -0.05) is 12.1 Å². The monoisotopic (exact) mass is 357 g/mol. The van der Waals surface area contributed by atoms with E-state index in [4.69, 9.17) is 4.74 Å². The Bertz CT molecular complexity index is 864. The van der Waals surface area contributed by atoms with Crippen LogP contribution < -0.4 is 10.3 Å². The Labute approximate surface area is 149 Å². The molecule has 1 aliphatic rings. The van der Waals surface area contributed by atoms with E-state index in [9.17, 15) is 19.5 Å². The number of amides is 1. The van der Waals surface area contributed by atoms with Gasteiger partial charge in [-0.3, -0.25) is 9.59 Å². The van der Waals surface area contributed by atoms with Crippen molar-refractivity contribution in [1.29, 1.82) is 0 Å². The number of aromatic amines is 1. The molecule has 8 nitrogen and oxygen atoms in total. The van der Waals surface area contributed by atoms with E-state index in [1.54, 1.807) is 18.2 Å². The van der Waals surface area contributed by atoms with Crippen LogP contribution in [-0.4, -0.2) is 50.8 Å². The molecule has 0 bridgehead atoms. The maximum absolute atomic E-state index is 12.4. The molecule has 3 rings (SSSR count). The molecule has 1 aromatic carbocycles. The normalized spacial score (nSPS) is 16.1. The first-order valence-corrected chi connectivity index (χ1v) is 8.24. The van der Waals surface area contributed by atoms with E-state index in [0.717, 1.165) is 5.56 Å². The van der Waals surface area contributed by atoms with Crippen molar-refractivity contribution in [2.75, 3.05) is 13.1 Å². The van der Waals surface area contributed by atoms with Gasteiger partial charge in [0.05, 0.1) is 0 Å². The van der Waals surface area contributed by atoms with Crippen LogP contribution in [0.15, 0.2) is 41.2 Å². The molecule has 2 heterocycles. The van der Waals surface area contributed by atoms with Crippen molar-refractivity contribution in [3.05, 3.63) is 58.0 Å². The zero-order chi connectivity index (χ0) is 18.7. The van der Waals surface area contributed by atoms with Crippen LogP contribution in [0.1, 0.15) is 28.9 Å². The molecule has 1 aromatic heterocycles. The van der Waals surface area contributed by atoms with Crippen molar-refractivity contribution < 1.29 is 19.4 Å². The average molecular weight is 357 g/mol. The van der Waals surface area contributed by atoms with Crippen LogP contribution in [0.25, 0.3) is 0 Å². The summed E-state index contributed by atoms with van der Waals surface area (Å²) in [5.41, 5.74) is -0.674. The predicted molar refractivity (Wildman–Crippen MR) is 92.2 cm³/mol. The lowest BCUT2D eigenvalue weighted by atomic mass is 9.90. The summed E-state index contributed by atoms with van der Waals surface area (Å²) in [6, 6.07) is 9.79. The van der Waals surface area contributed by atoms with Gasteiger partial charge in [0, 0.05) is 32.0 Å². The summed E-state index contributed by atoms with van der Waals surface area (Å²) in [5.74, 6) is -0.904.